The summed E-state index contributed by atoms with van der Waals surface area (Å²) in [4.78, 5) is 143. The van der Waals surface area contributed by atoms with Gasteiger partial charge >= 0.3 is 29.8 Å². The zero-order valence-corrected chi connectivity index (χ0v) is 84.2. The summed E-state index contributed by atoms with van der Waals surface area (Å²) in [5, 5.41) is 22.1. The highest BCUT2D eigenvalue weighted by Crippen LogP contribution is 2.49. The minimum atomic E-state index is -1.39. The van der Waals surface area contributed by atoms with Crippen molar-refractivity contribution in [1.82, 2.24) is 100 Å². The molecular formula is C100H145F6N23O8S2. The third kappa shape index (κ3) is 20.5. The highest BCUT2D eigenvalue weighted by Gasteiger charge is 2.62. The molecule has 139 heavy (non-hydrogen) atoms. The predicted octanol–water partition coefficient (Wildman–Crippen LogP) is 10.0. The molecular weight excluding hydrogens is 1830 g/mol. The number of anilines is 2. The quantitative estimate of drug-likeness (QED) is 0.0605. The second kappa shape index (κ2) is 43.8. The lowest BCUT2D eigenvalue weighted by Crippen LogP contribution is -2.80. The van der Waals surface area contributed by atoms with E-state index in [9.17, 15) is 38.4 Å². The minimum absolute atomic E-state index is 0.0172. The Morgan fingerprint density at radius 3 is 1.59 bits per heavy atom. The molecule has 11 saturated heterocycles. The number of thioether (sulfide) groups is 2. The number of carbonyl (C=O) groups excluding carboxylic acids is 7. The highest BCUT2D eigenvalue weighted by atomic mass is 32.2. The molecule has 0 spiro atoms. The molecule has 762 valence electrons. The molecule has 22 unspecified atom stereocenters. The maximum absolute atomic E-state index is 16.8. The normalized spacial score (nSPS) is 34.0. The molecule has 8 N–H and O–H groups in total. The van der Waals surface area contributed by atoms with Crippen LogP contribution in [0.3, 0.4) is 0 Å². The number of amides is 11. The minimum Gasteiger partial charge on any atom is -0.351 e. The Labute approximate surface area is 821 Å². The van der Waals surface area contributed by atoms with E-state index in [1.807, 2.05) is 65.9 Å². The molecule has 25 atom stereocenters. The van der Waals surface area contributed by atoms with Crippen LogP contribution in [0.15, 0.2) is 79.3 Å². The molecule has 12 aliphatic heterocycles. The predicted molar refractivity (Wildman–Crippen MR) is 530 cm³/mol. The fourth-order valence-corrected chi connectivity index (χ4v) is 28.5. The van der Waals surface area contributed by atoms with Crippen LogP contribution in [0.2, 0.25) is 0 Å². The van der Waals surface area contributed by atoms with E-state index in [0.29, 0.717) is 127 Å². The van der Waals surface area contributed by atoms with Gasteiger partial charge in [0.2, 0.25) is 17.7 Å². The van der Waals surface area contributed by atoms with Gasteiger partial charge in [-0.1, -0.05) is 67.3 Å². The van der Waals surface area contributed by atoms with Gasteiger partial charge in [0.25, 0.3) is 0 Å². The van der Waals surface area contributed by atoms with E-state index in [4.69, 9.17) is 10.7 Å². The lowest BCUT2D eigenvalue weighted by Gasteiger charge is -2.60. The maximum Gasteiger partial charge on any atom is 0.355 e. The van der Waals surface area contributed by atoms with Gasteiger partial charge in [0.15, 0.2) is 11.5 Å². The third-order valence-corrected chi connectivity index (χ3v) is 35.4. The van der Waals surface area contributed by atoms with Crippen LogP contribution >= 0.6 is 23.5 Å². The van der Waals surface area contributed by atoms with Gasteiger partial charge < -0.3 is 71.1 Å². The molecule has 11 amide bonds. The summed E-state index contributed by atoms with van der Waals surface area (Å²) in [6, 6.07) is 3.18. The fourth-order valence-electron chi connectivity index (χ4n) is 25.7. The summed E-state index contributed by atoms with van der Waals surface area (Å²) in [7, 11) is 5.22. The van der Waals surface area contributed by atoms with Crippen molar-refractivity contribution in [2.45, 2.75) is 278 Å². The van der Waals surface area contributed by atoms with E-state index < -0.39 is 103 Å². The number of fused-ring (bicyclic) bond motifs is 15. The molecule has 6 bridgehead atoms. The average molecular weight is 1980 g/mol. The van der Waals surface area contributed by atoms with Gasteiger partial charge in [0, 0.05) is 181 Å². The molecule has 15 heterocycles. The number of aromatic nitrogens is 4. The van der Waals surface area contributed by atoms with Crippen molar-refractivity contribution in [2.75, 3.05) is 134 Å². The number of piperazine rings is 3. The summed E-state index contributed by atoms with van der Waals surface area (Å²) in [6.45, 7) is 36.9. The van der Waals surface area contributed by atoms with Crippen molar-refractivity contribution in [2.24, 2.45) is 41.2 Å². The van der Waals surface area contributed by atoms with E-state index in [0.717, 1.165) is 63.2 Å². The lowest BCUT2D eigenvalue weighted by atomic mass is 9.72. The topological polar surface area (TPSA) is 317 Å². The smallest absolute Gasteiger partial charge is 0.351 e. The summed E-state index contributed by atoms with van der Waals surface area (Å²) in [6.07, 6.45) is 6.65. The van der Waals surface area contributed by atoms with Gasteiger partial charge in [-0.3, -0.25) is 44.7 Å². The third-order valence-electron chi connectivity index (χ3n) is 32.5. The maximum atomic E-state index is 16.8. The van der Waals surface area contributed by atoms with Gasteiger partial charge in [0.1, 0.15) is 42.0 Å². The molecule has 2 aliphatic carbocycles. The number of primary amides is 1. The average Bonchev–Trinajstić information content (AvgIpc) is 1.08. The number of hydrogen-bond donors (Lipinski definition) is 7. The molecule has 2 saturated carbocycles. The number of rotatable bonds is 9. The van der Waals surface area contributed by atoms with Crippen LogP contribution in [0, 0.1) is 47.1 Å². The molecule has 39 heteroatoms. The number of pyridine rings is 2. The van der Waals surface area contributed by atoms with Gasteiger partial charge in [-0.05, 0) is 208 Å². The summed E-state index contributed by atoms with van der Waals surface area (Å²) in [5.41, 5.74) is 6.62. The van der Waals surface area contributed by atoms with Gasteiger partial charge in [-0.2, -0.15) is 28.5 Å². The molecule has 18 rings (SSSR count). The Kier molecular flexibility index (Phi) is 32.5. The molecule has 3 aromatic heterocycles. The Morgan fingerprint density at radius 1 is 0.576 bits per heavy atom. The lowest BCUT2D eigenvalue weighted by molar-refractivity contribution is -0.132. The van der Waals surface area contributed by atoms with Crippen LogP contribution in [0.5, 0.6) is 0 Å². The molecule has 0 radical (unpaired) electrons. The largest absolute Gasteiger partial charge is 0.355 e. The molecule has 1 aromatic carbocycles. The van der Waals surface area contributed by atoms with Crippen molar-refractivity contribution >= 4 is 87.9 Å². The molecule has 4 aromatic rings. The van der Waals surface area contributed by atoms with Gasteiger partial charge in [-0.15, -0.1) is 0 Å². The first-order valence-corrected chi connectivity index (χ1v) is 52.8. The van der Waals surface area contributed by atoms with Crippen LogP contribution < -0.4 is 53.1 Å². The number of halogens is 6. The van der Waals surface area contributed by atoms with Crippen LogP contribution in [-0.4, -0.2) is 361 Å². The standard InChI is InChI=1S/C34H36F2N8O3.C33H54F2N8O3S.C33H55F2N7O2S/c1-7-26(45)42-15-16-43(20(4)18-42)31-22-17-24(36)29-27-23(35)9-8-10-25(27)41(6)34(47)40(5)14-12-21-11-13-37-28(19(2)3)30(21)44(32(22)38-29)33(46)39-31;1-5-25(44)40-13-14-41(19(4)17-40)30-20-16-22(35)28-26-21(34)8-6-9-23(26)42(32(36)45)12-7-15-47-24-10-11-37-27(18(2)3)29(24)43(31(20)38-28)33(46)39-30;1-6-26(43)40-14-15-41(20(4)18-40)31-21-17-23(35)29-27-22(34)9-7-10-24(27)39(5)13-8-16-45-25-11-12-36-28(19(2)3)30(25)42(32(21)37-29)33(44)38-31/h7-11,13,17,19-20H,1,12,14-16,18H2,2-6H3;5,18-24,26-31,37-38H,1,6-17H2,2-4H3,(H2,36,45)(H,39,46);6,19-25,27-32,36-37H,1,7-18H2,2-5H3,(H,38,44)/t20-;19-,20?,21?,22?,23?,24?,26?,27?,28?,29?,30?,31?;20-,21?,22?,23?,24?,25?,27?,28?,29?,30?,31?,32?/m000/s1. The first-order valence-electron chi connectivity index (χ1n) is 50.7. The van der Waals surface area contributed by atoms with E-state index in [-0.39, 0.29) is 172 Å². The van der Waals surface area contributed by atoms with Crippen molar-refractivity contribution in [1.29, 1.82) is 0 Å². The number of likely N-dealkylation sites (N-methyl/N-ethyl adjacent to an activating group) is 1. The number of nitrogens with zero attached hydrogens (tertiary/aromatic N) is 16. The molecule has 13 fully saturated rings. The van der Waals surface area contributed by atoms with Crippen LogP contribution in [0.4, 0.5) is 57.0 Å². The number of alkyl halides is 4. The Morgan fingerprint density at radius 2 is 1.09 bits per heavy atom. The number of hydrogen-bond acceptors (Lipinski definition) is 21. The highest BCUT2D eigenvalue weighted by molar-refractivity contribution is 8.00. The number of piperidine rings is 4. The van der Waals surface area contributed by atoms with Crippen molar-refractivity contribution in [3.63, 3.8) is 0 Å². The Hall–Kier alpha value is -8.83. The molecule has 31 nitrogen and oxygen atoms in total. The van der Waals surface area contributed by atoms with Gasteiger partial charge in [0.05, 0.1) is 64.8 Å². The monoisotopic (exact) mass is 1970 g/mol. The second-order valence-corrected chi connectivity index (χ2v) is 44.6. The van der Waals surface area contributed by atoms with E-state index in [1.54, 1.807) is 38.9 Å². The van der Waals surface area contributed by atoms with Crippen molar-refractivity contribution in [3.8, 4) is 16.9 Å². The first kappa shape index (κ1) is 103. The SMILES string of the molecule is C=CC(=O)N1CCN(C2NC(=O)N3C4NC(C(F)CC42)C2C(F)CCCC2N(C(N)=O)CCCSC2CCNC(C(C)C)C23)[C@@H](C)C1.C=CC(=O)N1CCN(C2NC(=O)N3C4NC(C(F)CC42)C2C(F)CCCC2N(C)CCCSC2CCNC(C(C)C)C23)[C@@H](C)C1.C=CC(=O)N1CCN(c2nc(=O)n3c4nc(c(F)cc24)-c2c(F)cccc2N(C)C(=O)N(C)CCc2ccnc(C(C)C)c2-3)[C@@H](C)C1. The van der Waals surface area contributed by atoms with E-state index >= 15 is 26.3 Å². The van der Waals surface area contributed by atoms with E-state index in [1.165, 1.54) is 63.9 Å². The Balaban J connectivity index is 0.000000151. The first-order chi connectivity index (χ1) is 66.5. The zero-order valence-electron chi connectivity index (χ0n) is 82.6. The number of nitrogens with one attached hydrogen (secondary N) is 6. The summed E-state index contributed by atoms with van der Waals surface area (Å²) in [5.74, 6) is -1.53. The second-order valence-electron chi connectivity index (χ2n) is 41.9. The van der Waals surface area contributed by atoms with Crippen molar-refractivity contribution in [3.05, 3.63) is 108 Å². The number of benzene rings is 1. The number of urea groups is 4. The van der Waals surface area contributed by atoms with Crippen LogP contribution in [-0.2, 0) is 20.8 Å². The van der Waals surface area contributed by atoms with Gasteiger partial charge in [-0.25, -0.2) is 59.9 Å². The number of carbonyl (C=O) groups is 7. The summed E-state index contributed by atoms with van der Waals surface area (Å²) >= 11 is 3.80. The fraction of sp³-hybridized carbons (Fsp3) is 0.690. The van der Waals surface area contributed by atoms with E-state index in [2.05, 4.69) is 118 Å². The Bertz CT molecular complexity index is 5230. The zero-order chi connectivity index (χ0) is 99.3. The molecule has 14 aliphatic rings. The van der Waals surface area contributed by atoms with Crippen molar-refractivity contribution < 1.29 is 59.9 Å². The van der Waals surface area contributed by atoms with Crippen LogP contribution in [0.25, 0.3) is 28.0 Å². The van der Waals surface area contributed by atoms with Crippen LogP contribution in [0.1, 0.15) is 157 Å². The summed E-state index contributed by atoms with van der Waals surface area (Å²) < 4.78 is 99.2. The number of nitrogens with two attached hydrogens (primary N) is 1.